The van der Waals surface area contributed by atoms with Gasteiger partial charge in [0, 0.05) is 72.5 Å². The lowest BCUT2D eigenvalue weighted by atomic mass is 9.33. The van der Waals surface area contributed by atoms with Crippen LogP contribution >= 0.6 is 0 Å². The molecule has 0 saturated carbocycles. The van der Waals surface area contributed by atoms with Gasteiger partial charge in [-0.25, -0.2) is 0 Å². The molecular formula is C100H75BN2O2. The SMILES string of the molecule is CC(C)(C)c1cc(-c2ccccc2)c(N2c3cc(-c4ccc5oc6ccccc6c5c4)ccc3B3c4ccc(-c5ccc6oc7ccccc7c6c5)cc4N(c4c(-c5ccccc5)cc(C(C)(C)C)cc4-c4ccccc4)c4cc(C5c6ccccc6Cc6ccccc65)cc2c43)c(-c2ccccc2)c1. The zero-order valence-electron chi connectivity index (χ0n) is 59.7. The second-order valence-electron chi connectivity index (χ2n) is 31.1. The third kappa shape index (κ3) is 10.3. The maximum Gasteiger partial charge on any atom is 0.252 e. The lowest BCUT2D eigenvalue weighted by Crippen LogP contribution is -2.61. The van der Waals surface area contributed by atoms with Crippen molar-refractivity contribution in [2.45, 2.75) is 64.7 Å². The van der Waals surface area contributed by atoms with Gasteiger partial charge < -0.3 is 18.6 Å². The second-order valence-corrected chi connectivity index (χ2v) is 31.1. The van der Waals surface area contributed by atoms with Crippen LogP contribution in [0.1, 0.15) is 86.4 Å². The van der Waals surface area contributed by atoms with E-state index in [0.717, 1.165) is 151 Å². The van der Waals surface area contributed by atoms with Crippen molar-refractivity contribution < 1.29 is 8.83 Å². The van der Waals surface area contributed by atoms with Crippen molar-refractivity contribution in [2.24, 2.45) is 0 Å². The van der Waals surface area contributed by atoms with Crippen molar-refractivity contribution in [2.75, 3.05) is 9.80 Å². The molecule has 20 rings (SSSR count). The molecule has 105 heavy (non-hydrogen) atoms. The Morgan fingerprint density at radius 1 is 0.295 bits per heavy atom. The Bertz CT molecular complexity index is 5850. The minimum Gasteiger partial charge on any atom is -0.456 e. The van der Waals surface area contributed by atoms with Crippen LogP contribution in [0.3, 0.4) is 0 Å². The number of rotatable bonds is 9. The van der Waals surface area contributed by atoms with Crippen LogP contribution in [0.4, 0.5) is 34.1 Å². The van der Waals surface area contributed by atoms with Gasteiger partial charge in [0.2, 0.25) is 0 Å². The summed E-state index contributed by atoms with van der Waals surface area (Å²) in [5.74, 6) is -0.140. The number of furan rings is 2. The Morgan fingerprint density at radius 3 is 1.02 bits per heavy atom. The highest BCUT2D eigenvalue weighted by molar-refractivity contribution is 7.00. The summed E-state index contributed by atoms with van der Waals surface area (Å²) >= 11 is 0. The van der Waals surface area contributed by atoms with Crippen LogP contribution in [0.25, 0.3) is 111 Å². The quantitative estimate of drug-likeness (QED) is 0.135. The van der Waals surface area contributed by atoms with Gasteiger partial charge in [0.1, 0.15) is 22.3 Å². The van der Waals surface area contributed by atoms with Gasteiger partial charge in [-0.2, -0.15) is 0 Å². The Kier molecular flexibility index (Phi) is 14.3. The average Bonchev–Trinajstić information content (AvgIpc) is 1.68. The van der Waals surface area contributed by atoms with E-state index < -0.39 is 0 Å². The number of para-hydroxylation sites is 2. The van der Waals surface area contributed by atoms with Crippen LogP contribution in [0.15, 0.2) is 336 Å². The van der Waals surface area contributed by atoms with E-state index in [1.165, 1.54) is 55.3 Å². The number of fused-ring (bicyclic) bond motifs is 12. The van der Waals surface area contributed by atoms with E-state index >= 15 is 0 Å². The number of hydrogen-bond acceptors (Lipinski definition) is 4. The molecule has 0 atom stereocenters. The van der Waals surface area contributed by atoms with Gasteiger partial charge in [-0.3, -0.25) is 0 Å². The number of benzene rings is 15. The predicted molar refractivity (Wildman–Crippen MR) is 442 cm³/mol. The summed E-state index contributed by atoms with van der Waals surface area (Å²) in [5, 5.41) is 4.40. The van der Waals surface area contributed by atoms with Crippen LogP contribution in [0.2, 0.25) is 0 Å². The van der Waals surface area contributed by atoms with Gasteiger partial charge in [0.15, 0.2) is 0 Å². The van der Waals surface area contributed by atoms with E-state index in [4.69, 9.17) is 8.83 Å². The first-order valence-corrected chi connectivity index (χ1v) is 37.0. The highest BCUT2D eigenvalue weighted by atomic mass is 16.3. The topological polar surface area (TPSA) is 32.8 Å². The average molecular weight is 1350 g/mol. The van der Waals surface area contributed by atoms with E-state index in [2.05, 4.69) is 379 Å². The normalized spacial score (nSPS) is 13.3. The third-order valence-electron chi connectivity index (χ3n) is 22.7. The molecular weight excluding hydrogens is 1270 g/mol. The monoisotopic (exact) mass is 1350 g/mol. The molecule has 17 aromatic rings. The summed E-state index contributed by atoms with van der Waals surface area (Å²) in [6, 6.07) is 124. The van der Waals surface area contributed by atoms with Gasteiger partial charge in [0.05, 0.1) is 11.4 Å². The van der Waals surface area contributed by atoms with Crippen molar-refractivity contribution in [1.82, 2.24) is 0 Å². The third-order valence-corrected chi connectivity index (χ3v) is 22.7. The molecule has 500 valence electrons. The predicted octanol–water partition coefficient (Wildman–Crippen LogP) is 25.2. The van der Waals surface area contributed by atoms with Crippen LogP contribution in [0.5, 0.6) is 0 Å². The van der Waals surface area contributed by atoms with Crippen LogP contribution in [-0.2, 0) is 17.3 Å². The molecule has 2 aromatic heterocycles. The highest BCUT2D eigenvalue weighted by Crippen LogP contribution is 2.57. The Morgan fingerprint density at radius 2 is 0.629 bits per heavy atom. The van der Waals surface area contributed by atoms with Crippen LogP contribution < -0.4 is 26.2 Å². The summed E-state index contributed by atoms with van der Waals surface area (Å²) in [6.45, 7) is 13.9. The van der Waals surface area contributed by atoms with Gasteiger partial charge in [0.25, 0.3) is 6.71 Å². The van der Waals surface area contributed by atoms with E-state index in [-0.39, 0.29) is 23.5 Å². The summed E-state index contributed by atoms with van der Waals surface area (Å²) in [5.41, 5.74) is 36.3. The Hall–Kier alpha value is -12.4. The summed E-state index contributed by atoms with van der Waals surface area (Å²) in [4.78, 5) is 5.48. The summed E-state index contributed by atoms with van der Waals surface area (Å²) in [6.07, 6.45) is 0.857. The number of hydrogen-bond donors (Lipinski definition) is 0. The lowest BCUT2D eigenvalue weighted by molar-refractivity contribution is 0.590. The second kappa shape index (κ2) is 24.1. The zero-order valence-corrected chi connectivity index (χ0v) is 59.7. The van der Waals surface area contributed by atoms with E-state index in [0.29, 0.717) is 0 Å². The minimum absolute atomic E-state index is 0.140. The smallest absolute Gasteiger partial charge is 0.252 e. The highest BCUT2D eigenvalue weighted by Gasteiger charge is 2.47. The fourth-order valence-electron chi connectivity index (χ4n) is 17.5. The van der Waals surface area contributed by atoms with E-state index in [1.54, 1.807) is 0 Å². The fourth-order valence-corrected chi connectivity index (χ4v) is 17.5. The molecule has 0 fully saturated rings. The Balaban J connectivity index is 0.977. The molecule has 3 aliphatic rings. The maximum atomic E-state index is 6.55. The first-order valence-electron chi connectivity index (χ1n) is 37.0. The zero-order chi connectivity index (χ0) is 70.4. The molecule has 0 unspecified atom stereocenters. The largest absolute Gasteiger partial charge is 0.456 e. The fraction of sp³-hybridized carbons (Fsp3) is 0.100. The summed E-state index contributed by atoms with van der Waals surface area (Å²) < 4.78 is 13.1. The molecule has 0 spiro atoms. The maximum absolute atomic E-state index is 6.55. The molecule has 0 radical (unpaired) electrons. The van der Waals surface area contributed by atoms with Gasteiger partial charge in [-0.1, -0.05) is 284 Å². The van der Waals surface area contributed by atoms with E-state index in [1.807, 2.05) is 0 Å². The molecule has 5 heteroatoms. The first kappa shape index (κ1) is 62.4. The number of nitrogens with zero attached hydrogens (tertiary/aromatic N) is 2. The standard InChI is InChI=1S/C100H75BN2O2/c1-99(2,3)73-58-79(62-27-11-7-12-28-62)97(80(59-73)63-29-13-8-14-30-63)102-87-54-68(66-45-49-93-83(52-66)77-39-23-25-41-91(77)104-93)43-47-85(87)101-86-48-44-69(67-46-50-94-84(53-67)78-40-24-26-42-92(78)105-94)55-88(86)103(98-81(64-31-15-9-16-32-64)60-74(100(4,5)6)61-82(98)65-33-17-10-18-34-65)90-57-72(56-89(102)96(90)101)95-75-37-21-19-35-70(75)51-71-36-20-22-38-76(71)95/h7-50,52-61,95H,51H2,1-6H3. The van der Waals surface area contributed by atoms with Crippen molar-refractivity contribution in [3.8, 4) is 66.8 Å². The molecule has 15 aromatic carbocycles. The molecule has 1 aliphatic carbocycles. The lowest BCUT2D eigenvalue weighted by Gasteiger charge is -2.46. The van der Waals surface area contributed by atoms with Crippen LogP contribution in [-0.4, -0.2) is 6.71 Å². The van der Waals surface area contributed by atoms with Crippen LogP contribution in [0, 0.1) is 0 Å². The Labute approximate surface area is 613 Å². The van der Waals surface area contributed by atoms with Gasteiger partial charge in [-0.05, 0) is 202 Å². The molecule has 0 saturated heterocycles. The molecule has 0 amide bonds. The van der Waals surface area contributed by atoms with E-state index in [9.17, 15) is 0 Å². The van der Waals surface area contributed by atoms with Crippen molar-refractivity contribution in [1.29, 1.82) is 0 Å². The summed E-state index contributed by atoms with van der Waals surface area (Å²) in [7, 11) is 0. The molecule has 4 nitrogen and oxygen atoms in total. The van der Waals surface area contributed by atoms with Gasteiger partial charge >= 0.3 is 0 Å². The van der Waals surface area contributed by atoms with Crippen molar-refractivity contribution in [3.63, 3.8) is 0 Å². The minimum atomic E-state index is -0.264. The van der Waals surface area contributed by atoms with Crippen molar-refractivity contribution in [3.05, 3.63) is 367 Å². The van der Waals surface area contributed by atoms with Gasteiger partial charge in [-0.15, -0.1) is 0 Å². The van der Waals surface area contributed by atoms with Crippen molar-refractivity contribution >= 4 is 101 Å². The molecule has 2 aliphatic heterocycles. The first-order chi connectivity index (χ1) is 51.3. The molecule has 0 bridgehead atoms. The molecule has 0 N–H and O–H groups in total. The number of anilines is 6. The molecule has 4 heterocycles.